The fourth-order valence-corrected chi connectivity index (χ4v) is 2.08. The molecule has 3 N–H and O–H groups in total. The highest BCUT2D eigenvalue weighted by Crippen LogP contribution is 2.23. The number of para-hydroxylation sites is 1. The monoisotopic (exact) mass is 301 g/mol. The number of benzene rings is 1. The van der Waals surface area contributed by atoms with Crippen molar-refractivity contribution in [3.63, 3.8) is 0 Å². The first kappa shape index (κ1) is 17.2. The Hall–Kier alpha value is -0.810. The van der Waals surface area contributed by atoms with E-state index in [1.54, 1.807) is 12.1 Å². The number of rotatable bonds is 10. The van der Waals surface area contributed by atoms with Gasteiger partial charge in [-0.3, -0.25) is 0 Å². The summed E-state index contributed by atoms with van der Waals surface area (Å²) < 4.78 is 5.47. The first-order valence-electron chi connectivity index (χ1n) is 7.04. The molecule has 2 atom stereocenters. The number of ether oxygens (including phenoxy) is 1. The van der Waals surface area contributed by atoms with Gasteiger partial charge < -0.3 is 20.3 Å². The minimum atomic E-state index is -0.585. The molecule has 0 heterocycles. The van der Waals surface area contributed by atoms with Crippen molar-refractivity contribution >= 4 is 11.6 Å². The maximum Gasteiger partial charge on any atom is 0.138 e. The number of hydrogen-bond acceptors (Lipinski definition) is 4. The van der Waals surface area contributed by atoms with Gasteiger partial charge in [0.15, 0.2) is 0 Å². The largest absolute Gasteiger partial charge is 0.489 e. The van der Waals surface area contributed by atoms with Gasteiger partial charge in [-0.25, -0.2) is 0 Å². The lowest BCUT2D eigenvalue weighted by Gasteiger charge is -2.17. The van der Waals surface area contributed by atoms with Crippen LogP contribution in [0.4, 0.5) is 0 Å². The Morgan fingerprint density at radius 3 is 2.70 bits per heavy atom. The maximum atomic E-state index is 9.84. The second-order valence-electron chi connectivity index (χ2n) is 4.84. The van der Waals surface area contributed by atoms with Crippen LogP contribution in [0.25, 0.3) is 0 Å². The number of hydrogen-bond donors (Lipinski definition) is 3. The molecule has 0 aromatic heterocycles. The van der Waals surface area contributed by atoms with E-state index in [9.17, 15) is 5.11 Å². The Kier molecular flexibility index (Phi) is 8.62. The van der Waals surface area contributed by atoms with E-state index >= 15 is 0 Å². The van der Waals surface area contributed by atoms with Crippen LogP contribution >= 0.6 is 11.6 Å². The summed E-state index contributed by atoms with van der Waals surface area (Å²) in [6.07, 6.45) is 1.22. The zero-order valence-electron chi connectivity index (χ0n) is 11.9. The van der Waals surface area contributed by atoms with E-state index in [2.05, 4.69) is 12.2 Å². The van der Waals surface area contributed by atoms with E-state index in [0.29, 0.717) is 23.2 Å². The number of nitrogens with one attached hydrogen (secondary N) is 1. The van der Waals surface area contributed by atoms with Crippen LogP contribution in [-0.4, -0.2) is 42.6 Å². The summed E-state index contributed by atoms with van der Waals surface area (Å²) in [6, 6.07) is 7.20. The molecule has 20 heavy (non-hydrogen) atoms. The van der Waals surface area contributed by atoms with Gasteiger partial charge in [0.25, 0.3) is 0 Å². The van der Waals surface area contributed by atoms with Crippen molar-refractivity contribution in [1.82, 2.24) is 5.32 Å². The van der Waals surface area contributed by atoms with Crippen LogP contribution in [0.3, 0.4) is 0 Å². The highest BCUT2D eigenvalue weighted by Gasteiger charge is 2.09. The van der Waals surface area contributed by atoms with Crippen LogP contribution in [0.5, 0.6) is 5.75 Å². The lowest BCUT2D eigenvalue weighted by Crippen LogP contribution is -2.34. The van der Waals surface area contributed by atoms with E-state index in [1.165, 1.54) is 0 Å². The van der Waals surface area contributed by atoms with Gasteiger partial charge in [0.05, 0.1) is 5.02 Å². The van der Waals surface area contributed by atoms with Gasteiger partial charge in [0, 0.05) is 13.2 Å². The van der Waals surface area contributed by atoms with Crippen LogP contribution in [0.15, 0.2) is 24.3 Å². The van der Waals surface area contributed by atoms with Gasteiger partial charge in [-0.05, 0) is 31.0 Å². The molecule has 5 heteroatoms. The lowest BCUT2D eigenvalue weighted by atomic mass is 10.0. The van der Waals surface area contributed by atoms with Gasteiger partial charge in [0.1, 0.15) is 18.5 Å². The predicted octanol–water partition coefficient (Wildman–Crippen LogP) is 2.08. The van der Waals surface area contributed by atoms with Crippen LogP contribution in [0.1, 0.15) is 19.8 Å². The number of halogens is 1. The molecule has 0 fully saturated rings. The van der Waals surface area contributed by atoms with E-state index in [0.717, 1.165) is 19.4 Å². The smallest absolute Gasteiger partial charge is 0.138 e. The second kappa shape index (κ2) is 10.00. The molecule has 114 valence electrons. The molecule has 0 aliphatic carbocycles. The van der Waals surface area contributed by atoms with Crippen molar-refractivity contribution < 1.29 is 14.9 Å². The van der Waals surface area contributed by atoms with E-state index in [-0.39, 0.29) is 13.2 Å². The average Bonchev–Trinajstić information content (AvgIpc) is 2.45. The summed E-state index contributed by atoms with van der Waals surface area (Å²) in [5.41, 5.74) is 0. The first-order chi connectivity index (χ1) is 9.67. The zero-order chi connectivity index (χ0) is 14.8. The second-order valence-corrected chi connectivity index (χ2v) is 5.25. The topological polar surface area (TPSA) is 61.7 Å². The third kappa shape index (κ3) is 6.57. The molecule has 1 rings (SSSR count). The fourth-order valence-electron chi connectivity index (χ4n) is 1.89. The van der Waals surface area contributed by atoms with Crippen molar-refractivity contribution in [3.05, 3.63) is 29.3 Å². The first-order valence-corrected chi connectivity index (χ1v) is 7.42. The Morgan fingerprint density at radius 1 is 1.30 bits per heavy atom. The Bertz CT molecular complexity index is 376. The summed E-state index contributed by atoms with van der Waals surface area (Å²) in [6.45, 7) is 3.76. The molecule has 0 spiro atoms. The molecule has 0 amide bonds. The molecule has 0 saturated carbocycles. The standard InChI is InChI=1S/C15H24ClNO3/c1-2-12(7-8-18)9-17-10-13(19)11-20-15-6-4-3-5-14(15)16/h3-6,12-13,17-19H,2,7-11H2,1H3. The SMILES string of the molecule is CCC(CCO)CNCC(O)COc1ccccc1Cl. The van der Waals surface area contributed by atoms with Gasteiger partial charge >= 0.3 is 0 Å². The lowest BCUT2D eigenvalue weighted by molar-refractivity contribution is 0.105. The zero-order valence-corrected chi connectivity index (χ0v) is 12.6. The summed E-state index contributed by atoms with van der Waals surface area (Å²) >= 11 is 5.96. The average molecular weight is 302 g/mol. The van der Waals surface area contributed by atoms with Gasteiger partial charge in [-0.15, -0.1) is 0 Å². The molecule has 2 unspecified atom stereocenters. The van der Waals surface area contributed by atoms with E-state index < -0.39 is 6.10 Å². The molecule has 0 saturated heterocycles. The number of aliphatic hydroxyl groups excluding tert-OH is 2. The highest BCUT2D eigenvalue weighted by atomic mass is 35.5. The third-order valence-corrected chi connectivity index (χ3v) is 3.51. The number of aliphatic hydroxyl groups is 2. The molecule has 4 nitrogen and oxygen atoms in total. The fraction of sp³-hybridized carbons (Fsp3) is 0.600. The molecule has 0 bridgehead atoms. The van der Waals surface area contributed by atoms with Gasteiger partial charge in [-0.2, -0.15) is 0 Å². The Balaban J connectivity index is 2.20. The molecule has 0 radical (unpaired) electrons. The summed E-state index contributed by atoms with van der Waals surface area (Å²) in [5.74, 6) is 1.02. The van der Waals surface area contributed by atoms with Crippen molar-refractivity contribution in [1.29, 1.82) is 0 Å². The van der Waals surface area contributed by atoms with Crippen LogP contribution < -0.4 is 10.1 Å². The van der Waals surface area contributed by atoms with Crippen LogP contribution in [-0.2, 0) is 0 Å². The van der Waals surface area contributed by atoms with Gasteiger partial charge in [0.2, 0.25) is 0 Å². The minimum Gasteiger partial charge on any atom is -0.489 e. The minimum absolute atomic E-state index is 0.202. The highest BCUT2D eigenvalue weighted by molar-refractivity contribution is 6.32. The quantitative estimate of drug-likeness (QED) is 0.619. The predicted molar refractivity (Wildman–Crippen MR) is 81.3 cm³/mol. The summed E-state index contributed by atoms with van der Waals surface area (Å²) in [4.78, 5) is 0. The third-order valence-electron chi connectivity index (χ3n) is 3.20. The molecule has 1 aromatic carbocycles. The van der Waals surface area contributed by atoms with Gasteiger partial charge in [-0.1, -0.05) is 37.1 Å². The van der Waals surface area contributed by atoms with Crippen molar-refractivity contribution in [3.8, 4) is 5.75 Å². The van der Waals surface area contributed by atoms with Crippen molar-refractivity contribution in [2.24, 2.45) is 5.92 Å². The summed E-state index contributed by atoms with van der Waals surface area (Å²) in [7, 11) is 0. The van der Waals surface area contributed by atoms with Crippen LogP contribution in [0.2, 0.25) is 5.02 Å². The van der Waals surface area contributed by atoms with Crippen molar-refractivity contribution in [2.75, 3.05) is 26.3 Å². The normalized spacial score (nSPS) is 14.0. The summed E-state index contributed by atoms with van der Waals surface area (Å²) in [5, 5.41) is 22.5. The molecular formula is C15H24ClNO3. The van der Waals surface area contributed by atoms with E-state index in [1.807, 2.05) is 12.1 Å². The van der Waals surface area contributed by atoms with Crippen molar-refractivity contribution in [2.45, 2.75) is 25.9 Å². The molecule has 0 aliphatic rings. The van der Waals surface area contributed by atoms with Crippen LogP contribution in [0, 0.1) is 5.92 Å². The molecule has 0 aliphatic heterocycles. The maximum absolute atomic E-state index is 9.84. The Labute approximate surface area is 125 Å². The van der Waals surface area contributed by atoms with E-state index in [4.69, 9.17) is 21.4 Å². The Morgan fingerprint density at radius 2 is 2.05 bits per heavy atom. The molecular weight excluding hydrogens is 278 g/mol. The molecule has 1 aromatic rings.